The average Bonchev–Trinajstić information content (AvgIpc) is 3.43. The van der Waals surface area contributed by atoms with Crippen molar-refractivity contribution >= 4 is 28.8 Å². The van der Waals surface area contributed by atoms with Gasteiger partial charge in [0.25, 0.3) is 0 Å². The quantitative estimate of drug-likeness (QED) is 0.139. The van der Waals surface area contributed by atoms with E-state index in [1.807, 2.05) is 0 Å². The zero-order valence-corrected chi connectivity index (χ0v) is 27.8. The van der Waals surface area contributed by atoms with Gasteiger partial charge < -0.3 is 0 Å². The van der Waals surface area contributed by atoms with Crippen molar-refractivity contribution in [2.45, 2.75) is 24.7 Å². The second-order valence-electron chi connectivity index (χ2n) is 13.6. The first-order chi connectivity index (χ1) is 23.1. The first-order valence-corrected chi connectivity index (χ1v) is 18.7. The largest absolute Gasteiger partial charge is 0.179 e. The molecule has 1 heteroatoms. The summed E-state index contributed by atoms with van der Waals surface area (Å²) < 4.78 is 0. The lowest BCUT2D eigenvalue weighted by molar-refractivity contribution is 0.563. The molecule has 47 heavy (non-hydrogen) atoms. The molecule has 0 unspecified atom stereocenters. The number of benzene rings is 7. The van der Waals surface area contributed by atoms with E-state index in [4.69, 9.17) is 0 Å². The van der Waals surface area contributed by atoms with E-state index in [2.05, 4.69) is 196 Å². The molecule has 1 spiro atoms. The van der Waals surface area contributed by atoms with Crippen LogP contribution in [0.3, 0.4) is 0 Å². The molecular weight excluding hydrogens is 581 g/mol. The van der Waals surface area contributed by atoms with E-state index in [-0.39, 0.29) is 5.41 Å². The lowest BCUT2D eigenvalue weighted by atomic mass is 9.55. The molecule has 0 nitrogen and oxygen atoms in total. The molecule has 7 aromatic carbocycles. The van der Waals surface area contributed by atoms with Crippen LogP contribution in [0.2, 0.25) is 0 Å². The molecule has 2 aliphatic carbocycles. The Morgan fingerprint density at radius 1 is 0.319 bits per heavy atom. The van der Waals surface area contributed by atoms with Crippen LogP contribution in [0.25, 0.3) is 11.1 Å². The van der Waals surface area contributed by atoms with Gasteiger partial charge in [-0.2, -0.15) is 0 Å². The highest BCUT2D eigenvalue weighted by Gasteiger charge is 2.54. The molecule has 0 fully saturated rings. The summed E-state index contributed by atoms with van der Waals surface area (Å²) in [7, 11) is -2.74. The monoisotopic (exact) mass is 616 g/mol. The van der Waals surface area contributed by atoms with Crippen LogP contribution < -0.4 is 20.7 Å². The summed E-state index contributed by atoms with van der Waals surface area (Å²) >= 11 is 0. The molecule has 0 aliphatic heterocycles. The van der Waals surface area contributed by atoms with Gasteiger partial charge in [-0.3, -0.25) is 0 Å². The zero-order chi connectivity index (χ0) is 31.6. The van der Waals surface area contributed by atoms with Crippen molar-refractivity contribution in [1.29, 1.82) is 0 Å². The predicted molar refractivity (Wildman–Crippen MR) is 199 cm³/mol. The van der Waals surface area contributed by atoms with E-state index in [0.29, 0.717) is 0 Å². The summed E-state index contributed by atoms with van der Waals surface area (Å²) in [5, 5.41) is 5.60. The molecule has 7 aromatic rings. The Hall–Kier alpha value is -5.24. The molecular formula is C46H36Si. The fraction of sp³-hybridized carbons (Fsp3) is 0.0870. The molecule has 224 valence electrons. The van der Waals surface area contributed by atoms with Crippen LogP contribution >= 0.6 is 0 Å². The number of fused-ring (bicyclic) bond motifs is 9. The summed E-state index contributed by atoms with van der Waals surface area (Å²) in [4.78, 5) is 0. The van der Waals surface area contributed by atoms with Crippen LogP contribution in [0, 0.1) is 0 Å². The summed E-state index contributed by atoms with van der Waals surface area (Å²) in [6, 6.07) is 69.0. The van der Waals surface area contributed by atoms with E-state index < -0.39 is 13.5 Å². The molecule has 0 saturated carbocycles. The normalized spacial score (nSPS) is 14.9. The Balaban J connectivity index is 1.45. The van der Waals surface area contributed by atoms with Crippen molar-refractivity contribution < 1.29 is 0 Å². The van der Waals surface area contributed by atoms with Crippen molar-refractivity contribution in [3.8, 4) is 11.1 Å². The Morgan fingerprint density at radius 2 is 0.702 bits per heavy atom. The molecule has 0 bridgehead atoms. The molecule has 0 saturated heterocycles. The second kappa shape index (κ2) is 10.4. The van der Waals surface area contributed by atoms with Crippen molar-refractivity contribution in [1.82, 2.24) is 0 Å². The maximum atomic E-state index is 2.63. The smallest absolute Gasteiger partial charge is 0.0623 e. The first kappa shape index (κ1) is 28.0. The van der Waals surface area contributed by atoms with Crippen LogP contribution in [0.5, 0.6) is 0 Å². The molecule has 0 aromatic heterocycles. The Kier molecular flexibility index (Phi) is 6.19. The van der Waals surface area contributed by atoms with E-state index in [1.165, 1.54) is 65.3 Å². The van der Waals surface area contributed by atoms with Crippen LogP contribution in [-0.4, -0.2) is 8.07 Å². The fourth-order valence-electron chi connectivity index (χ4n) is 9.16. The predicted octanol–water partition coefficient (Wildman–Crippen LogP) is 8.07. The third-order valence-corrected chi connectivity index (χ3v) is 15.9. The van der Waals surface area contributed by atoms with E-state index in [1.54, 1.807) is 0 Å². The SMILES string of the molecule is CC1(C)c2ccccc2C2(c3ccccc3-c3ccc([Si](c4ccccc4)(c4ccccc4)c4ccccc4)cc32)c2ccccc21. The summed E-state index contributed by atoms with van der Waals surface area (Å²) in [6.45, 7) is 4.79. The zero-order valence-electron chi connectivity index (χ0n) is 26.8. The highest BCUT2D eigenvalue weighted by atomic mass is 28.3. The van der Waals surface area contributed by atoms with Crippen molar-refractivity contribution in [3.63, 3.8) is 0 Å². The fourth-order valence-corrected chi connectivity index (χ4v) is 13.9. The Bertz CT molecular complexity index is 2120. The van der Waals surface area contributed by atoms with Gasteiger partial charge in [-0.05, 0) is 65.3 Å². The Labute approximate surface area is 279 Å². The van der Waals surface area contributed by atoms with Crippen LogP contribution in [0.4, 0.5) is 0 Å². The molecule has 0 radical (unpaired) electrons. The molecule has 0 amide bonds. The number of rotatable bonds is 4. The van der Waals surface area contributed by atoms with Gasteiger partial charge in [0, 0.05) is 5.41 Å². The Morgan fingerprint density at radius 3 is 1.19 bits per heavy atom. The maximum absolute atomic E-state index is 2.74. The second-order valence-corrected chi connectivity index (χ2v) is 17.4. The van der Waals surface area contributed by atoms with Gasteiger partial charge in [-0.25, -0.2) is 0 Å². The van der Waals surface area contributed by atoms with Crippen molar-refractivity contribution in [2.75, 3.05) is 0 Å². The number of hydrogen-bond donors (Lipinski definition) is 0. The molecule has 0 N–H and O–H groups in total. The minimum Gasteiger partial charge on any atom is -0.0623 e. The molecule has 0 atom stereocenters. The maximum Gasteiger partial charge on any atom is 0.179 e. The van der Waals surface area contributed by atoms with Crippen molar-refractivity contribution in [3.05, 3.63) is 215 Å². The summed E-state index contributed by atoms with van der Waals surface area (Å²) in [5.41, 5.74) is 10.5. The third-order valence-electron chi connectivity index (χ3n) is 11.1. The standard InChI is InChI=1S/C46H36Si/c1-45(2)40-26-14-16-28-42(40)46(43-29-17-15-27-41(43)45)39-25-13-12-24-37(39)38-31-30-36(32-44(38)46)47(33-18-6-3-7-19-33,34-20-8-4-9-21-34)35-22-10-5-11-23-35/h3-32H,1-2H3. The topological polar surface area (TPSA) is 0 Å². The summed E-state index contributed by atoms with van der Waals surface area (Å²) in [6.07, 6.45) is 0. The van der Waals surface area contributed by atoms with Gasteiger partial charge in [0.2, 0.25) is 0 Å². The lowest BCUT2D eigenvalue weighted by Gasteiger charge is -2.47. The summed E-state index contributed by atoms with van der Waals surface area (Å²) in [5.74, 6) is 0. The van der Waals surface area contributed by atoms with Gasteiger partial charge in [0.1, 0.15) is 0 Å². The molecule has 0 heterocycles. The van der Waals surface area contributed by atoms with Crippen LogP contribution in [0.15, 0.2) is 182 Å². The molecule has 9 rings (SSSR count). The highest BCUT2D eigenvalue weighted by molar-refractivity contribution is 7.19. The minimum atomic E-state index is -2.74. The lowest BCUT2D eigenvalue weighted by Crippen LogP contribution is -2.74. The van der Waals surface area contributed by atoms with E-state index >= 15 is 0 Å². The average molecular weight is 617 g/mol. The van der Waals surface area contributed by atoms with Gasteiger partial charge >= 0.3 is 0 Å². The van der Waals surface area contributed by atoms with E-state index in [0.717, 1.165) is 0 Å². The van der Waals surface area contributed by atoms with Crippen molar-refractivity contribution in [2.24, 2.45) is 0 Å². The van der Waals surface area contributed by atoms with Gasteiger partial charge in [-0.1, -0.05) is 196 Å². The third kappa shape index (κ3) is 3.69. The minimum absolute atomic E-state index is 0.121. The first-order valence-electron chi connectivity index (χ1n) is 16.7. The van der Waals surface area contributed by atoms with Crippen LogP contribution in [0.1, 0.15) is 47.2 Å². The molecule has 2 aliphatic rings. The van der Waals surface area contributed by atoms with Gasteiger partial charge in [0.15, 0.2) is 8.07 Å². The van der Waals surface area contributed by atoms with E-state index in [9.17, 15) is 0 Å². The van der Waals surface area contributed by atoms with Crippen LogP contribution in [-0.2, 0) is 10.8 Å². The van der Waals surface area contributed by atoms with Gasteiger partial charge in [-0.15, -0.1) is 0 Å². The van der Waals surface area contributed by atoms with Gasteiger partial charge in [0.05, 0.1) is 5.41 Å². The number of hydrogen-bond acceptors (Lipinski definition) is 0. The highest BCUT2D eigenvalue weighted by Crippen LogP contribution is 2.61.